The van der Waals surface area contributed by atoms with Gasteiger partial charge in [-0.15, -0.1) is 0 Å². The van der Waals surface area contributed by atoms with Gasteiger partial charge in [0.2, 0.25) is 0 Å². The van der Waals surface area contributed by atoms with Crippen LogP contribution in [0.5, 0.6) is 5.75 Å². The van der Waals surface area contributed by atoms with Gasteiger partial charge in [0.15, 0.2) is 18.8 Å². The van der Waals surface area contributed by atoms with Gasteiger partial charge in [-0.3, -0.25) is 4.79 Å². The molecule has 0 fully saturated rings. The van der Waals surface area contributed by atoms with Crippen molar-refractivity contribution in [3.63, 3.8) is 0 Å². The molecule has 1 heterocycles. The van der Waals surface area contributed by atoms with Crippen molar-refractivity contribution in [2.24, 2.45) is 0 Å². The summed E-state index contributed by atoms with van der Waals surface area (Å²) in [5.74, 6) is 0.527. The molecule has 0 unspecified atom stereocenters. The lowest BCUT2D eigenvalue weighted by molar-refractivity contribution is 0.0505. The summed E-state index contributed by atoms with van der Waals surface area (Å²) in [6.45, 7) is 2.05. The molecular formula is C22H19NO3. The average Bonchev–Trinajstić information content (AvgIpc) is 3.01. The lowest BCUT2D eigenvalue weighted by Gasteiger charge is -2.17. The first-order valence-electron chi connectivity index (χ1n) is 8.44. The summed E-state index contributed by atoms with van der Waals surface area (Å²) in [5, 5.41) is 2.32. The number of benzene rings is 3. The highest BCUT2D eigenvalue weighted by atomic mass is 16.7. The van der Waals surface area contributed by atoms with Gasteiger partial charge in [-0.25, -0.2) is 0 Å². The highest BCUT2D eigenvalue weighted by Crippen LogP contribution is 2.37. The molecule has 0 atom stereocenters. The van der Waals surface area contributed by atoms with Crippen LogP contribution >= 0.6 is 0 Å². The van der Waals surface area contributed by atoms with Crippen LogP contribution in [0.1, 0.15) is 15.9 Å². The van der Waals surface area contributed by atoms with Gasteiger partial charge >= 0.3 is 0 Å². The molecule has 0 N–H and O–H groups in total. The van der Waals surface area contributed by atoms with Gasteiger partial charge in [0, 0.05) is 17.9 Å². The molecule has 0 saturated carbocycles. The molecule has 3 aromatic carbocycles. The normalized spacial score (nSPS) is 11.2. The lowest BCUT2D eigenvalue weighted by Crippen LogP contribution is -2.07. The Hall–Kier alpha value is -3.11. The van der Waals surface area contributed by atoms with Crippen LogP contribution in [0.4, 0.5) is 0 Å². The van der Waals surface area contributed by atoms with Crippen molar-refractivity contribution in [1.29, 1.82) is 0 Å². The van der Waals surface area contributed by atoms with Crippen LogP contribution in [-0.2, 0) is 4.74 Å². The Morgan fingerprint density at radius 1 is 0.962 bits per heavy atom. The minimum absolute atomic E-state index is 0.0774. The van der Waals surface area contributed by atoms with Crippen molar-refractivity contribution in [2.75, 3.05) is 13.9 Å². The monoisotopic (exact) mass is 345 g/mol. The molecule has 130 valence electrons. The van der Waals surface area contributed by atoms with Crippen molar-refractivity contribution in [3.8, 4) is 11.4 Å². The Balaban J connectivity index is 2.12. The number of hydrogen-bond acceptors (Lipinski definition) is 3. The minimum atomic E-state index is 0.0774. The number of carbonyl (C=O) groups is 1. The Bertz CT molecular complexity index is 1060. The van der Waals surface area contributed by atoms with Crippen LogP contribution in [0, 0.1) is 6.92 Å². The number of ether oxygens (including phenoxy) is 2. The van der Waals surface area contributed by atoms with Gasteiger partial charge in [0.1, 0.15) is 0 Å². The van der Waals surface area contributed by atoms with Gasteiger partial charge in [-0.05, 0) is 36.8 Å². The number of para-hydroxylation sites is 2. The fourth-order valence-corrected chi connectivity index (χ4v) is 3.49. The van der Waals surface area contributed by atoms with E-state index in [2.05, 4.69) is 28.8 Å². The number of nitrogens with zero attached hydrogens (tertiary/aromatic N) is 1. The van der Waals surface area contributed by atoms with Crippen molar-refractivity contribution in [2.45, 2.75) is 6.92 Å². The number of aryl methyl sites for hydroxylation is 1. The molecule has 4 rings (SSSR count). The van der Waals surface area contributed by atoms with Crippen LogP contribution in [0.3, 0.4) is 0 Å². The highest BCUT2D eigenvalue weighted by Gasteiger charge is 2.18. The summed E-state index contributed by atoms with van der Waals surface area (Å²) in [7, 11) is 1.56. The maximum Gasteiger partial charge on any atom is 0.188 e. The number of methoxy groups -OCH3 is 1. The quantitative estimate of drug-likeness (QED) is 0.382. The first-order valence-corrected chi connectivity index (χ1v) is 8.44. The van der Waals surface area contributed by atoms with E-state index in [4.69, 9.17) is 9.47 Å². The van der Waals surface area contributed by atoms with Crippen molar-refractivity contribution in [3.05, 3.63) is 71.8 Å². The van der Waals surface area contributed by atoms with Crippen molar-refractivity contribution < 1.29 is 14.3 Å². The zero-order valence-electron chi connectivity index (χ0n) is 14.7. The van der Waals surface area contributed by atoms with Crippen LogP contribution in [0.2, 0.25) is 0 Å². The SMILES string of the molecule is COCOc1c(C=O)cc(C)cc1-n1c2ccccc2c2ccccc21. The minimum Gasteiger partial charge on any atom is -0.465 e. The first-order chi connectivity index (χ1) is 12.7. The molecule has 0 bridgehead atoms. The van der Waals surface area contributed by atoms with Gasteiger partial charge in [0.25, 0.3) is 0 Å². The van der Waals surface area contributed by atoms with Crippen LogP contribution in [-0.4, -0.2) is 24.8 Å². The molecule has 4 aromatic rings. The van der Waals surface area contributed by atoms with Gasteiger partial charge in [0.05, 0.1) is 22.3 Å². The molecule has 0 aliphatic heterocycles. The lowest BCUT2D eigenvalue weighted by atomic mass is 10.1. The standard InChI is InChI=1S/C22H19NO3/c1-15-11-16(13-24)22(26-14-25-2)21(12-15)23-19-9-5-3-7-17(19)18-8-4-6-10-20(18)23/h3-13H,14H2,1-2H3. The average molecular weight is 345 g/mol. The zero-order chi connectivity index (χ0) is 18.1. The fraction of sp³-hybridized carbons (Fsp3) is 0.136. The van der Waals surface area contributed by atoms with Crippen molar-refractivity contribution >= 4 is 28.1 Å². The van der Waals surface area contributed by atoms with E-state index in [0.29, 0.717) is 11.3 Å². The smallest absolute Gasteiger partial charge is 0.188 e. The second kappa shape index (κ2) is 6.65. The fourth-order valence-electron chi connectivity index (χ4n) is 3.49. The Morgan fingerprint density at radius 3 is 2.15 bits per heavy atom. The van der Waals surface area contributed by atoms with Crippen LogP contribution in [0.25, 0.3) is 27.5 Å². The molecule has 0 spiro atoms. The third-order valence-electron chi connectivity index (χ3n) is 4.51. The second-order valence-corrected chi connectivity index (χ2v) is 6.24. The number of hydrogen-bond donors (Lipinski definition) is 0. The zero-order valence-corrected chi connectivity index (χ0v) is 14.7. The highest BCUT2D eigenvalue weighted by molar-refractivity contribution is 6.09. The number of aromatic nitrogens is 1. The van der Waals surface area contributed by atoms with Gasteiger partial charge in [-0.2, -0.15) is 0 Å². The Kier molecular flexibility index (Phi) is 4.19. The number of carbonyl (C=O) groups excluding carboxylic acids is 1. The molecule has 1 aromatic heterocycles. The molecule has 0 radical (unpaired) electrons. The molecular weight excluding hydrogens is 326 g/mol. The molecule has 26 heavy (non-hydrogen) atoms. The van der Waals surface area contributed by atoms with Gasteiger partial charge < -0.3 is 14.0 Å². The molecule has 0 amide bonds. The summed E-state index contributed by atoms with van der Waals surface area (Å²) in [6.07, 6.45) is 0.829. The first kappa shape index (κ1) is 16.4. The van der Waals surface area contributed by atoms with Crippen molar-refractivity contribution in [1.82, 2.24) is 4.57 Å². The maximum atomic E-state index is 11.7. The summed E-state index contributed by atoms with van der Waals surface area (Å²) >= 11 is 0. The summed E-state index contributed by atoms with van der Waals surface area (Å²) in [5.41, 5.74) is 4.48. The summed E-state index contributed by atoms with van der Waals surface area (Å²) in [6, 6.07) is 20.4. The molecule has 0 aliphatic rings. The summed E-state index contributed by atoms with van der Waals surface area (Å²) < 4.78 is 13.0. The van der Waals surface area contributed by atoms with E-state index in [1.165, 1.54) is 0 Å². The van der Waals surface area contributed by atoms with Crippen LogP contribution < -0.4 is 4.74 Å². The van der Waals surface area contributed by atoms with Crippen LogP contribution in [0.15, 0.2) is 60.7 Å². The van der Waals surface area contributed by atoms with E-state index < -0.39 is 0 Å². The number of aldehydes is 1. The van der Waals surface area contributed by atoms with E-state index in [9.17, 15) is 4.79 Å². The van der Waals surface area contributed by atoms with E-state index in [0.717, 1.165) is 39.3 Å². The Morgan fingerprint density at radius 2 is 1.58 bits per heavy atom. The second-order valence-electron chi connectivity index (χ2n) is 6.24. The van der Waals surface area contributed by atoms with E-state index in [-0.39, 0.29) is 6.79 Å². The predicted octanol–water partition coefficient (Wildman–Crippen LogP) is 4.89. The molecule has 4 nitrogen and oxygen atoms in total. The Labute approximate surface area is 151 Å². The molecule has 0 aliphatic carbocycles. The third kappa shape index (κ3) is 2.55. The topological polar surface area (TPSA) is 40.5 Å². The largest absolute Gasteiger partial charge is 0.465 e. The van der Waals surface area contributed by atoms with E-state index in [1.54, 1.807) is 7.11 Å². The van der Waals surface area contributed by atoms with E-state index >= 15 is 0 Å². The molecule has 0 saturated heterocycles. The summed E-state index contributed by atoms with van der Waals surface area (Å²) in [4.78, 5) is 11.7. The number of fused-ring (bicyclic) bond motifs is 3. The third-order valence-corrected chi connectivity index (χ3v) is 4.51. The molecule has 4 heteroatoms. The van der Waals surface area contributed by atoms with Gasteiger partial charge in [-0.1, -0.05) is 36.4 Å². The number of rotatable bonds is 5. The van der Waals surface area contributed by atoms with E-state index in [1.807, 2.05) is 43.3 Å². The maximum absolute atomic E-state index is 11.7. The predicted molar refractivity (Wildman–Crippen MR) is 103 cm³/mol.